The number of benzene rings is 1. The summed E-state index contributed by atoms with van der Waals surface area (Å²) in [6.07, 6.45) is 2.64. The Hall–Kier alpha value is -1.55. The van der Waals surface area contributed by atoms with Gasteiger partial charge < -0.3 is 5.32 Å². The molecule has 2 rings (SSSR count). The summed E-state index contributed by atoms with van der Waals surface area (Å²) in [6, 6.07) is 7.62. The van der Waals surface area contributed by atoms with Gasteiger partial charge in [-0.15, -0.1) is 0 Å². The Balaban J connectivity index is 1.97. The standard InChI is InChI=1S/C12H15ClN4/c1-2-7-17-12(15-9-16-17)8-14-11-5-3-10(13)4-6-11/h3-6,9,14H,2,7-8H2,1H3. The van der Waals surface area contributed by atoms with E-state index in [1.54, 1.807) is 6.33 Å². The van der Waals surface area contributed by atoms with Gasteiger partial charge in [0.1, 0.15) is 12.2 Å². The molecule has 0 aliphatic heterocycles. The average Bonchev–Trinajstić information content (AvgIpc) is 2.77. The maximum Gasteiger partial charge on any atom is 0.146 e. The minimum absolute atomic E-state index is 0.668. The van der Waals surface area contributed by atoms with E-state index < -0.39 is 0 Å². The van der Waals surface area contributed by atoms with Crippen molar-refractivity contribution in [2.45, 2.75) is 26.4 Å². The number of aryl methyl sites for hydroxylation is 1. The van der Waals surface area contributed by atoms with E-state index in [1.165, 1.54) is 0 Å². The largest absolute Gasteiger partial charge is 0.378 e. The number of aromatic nitrogens is 3. The predicted octanol–water partition coefficient (Wildman–Crippen LogP) is 2.95. The number of halogens is 1. The number of nitrogens with one attached hydrogen (secondary N) is 1. The van der Waals surface area contributed by atoms with Crippen molar-refractivity contribution in [1.29, 1.82) is 0 Å². The van der Waals surface area contributed by atoms with Gasteiger partial charge in [-0.3, -0.25) is 0 Å². The van der Waals surface area contributed by atoms with E-state index >= 15 is 0 Å². The minimum Gasteiger partial charge on any atom is -0.378 e. The smallest absolute Gasteiger partial charge is 0.146 e. The molecule has 90 valence electrons. The highest BCUT2D eigenvalue weighted by Gasteiger charge is 2.02. The van der Waals surface area contributed by atoms with Crippen LogP contribution in [0.25, 0.3) is 0 Å². The highest BCUT2D eigenvalue weighted by Crippen LogP contribution is 2.13. The van der Waals surface area contributed by atoms with Gasteiger partial charge in [-0.05, 0) is 30.7 Å². The summed E-state index contributed by atoms with van der Waals surface area (Å²) in [6.45, 7) is 3.69. The first kappa shape index (κ1) is 11.9. The first-order chi connectivity index (χ1) is 8.29. The number of nitrogens with zero attached hydrogens (tertiary/aromatic N) is 3. The minimum atomic E-state index is 0.668. The third-order valence-corrected chi connectivity index (χ3v) is 2.68. The lowest BCUT2D eigenvalue weighted by molar-refractivity contribution is 0.574. The lowest BCUT2D eigenvalue weighted by atomic mass is 10.3. The monoisotopic (exact) mass is 250 g/mol. The van der Waals surface area contributed by atoms with Crippen LogP contribution in [0.3, 0.4) is 0 Å². The molecule has 0 saturated carbocycles. The Labute approximate surface area is 106 Å². The van der Waals surface area contributed by atoms with Crippen LogP contribution in [0.5, 0.6) is 0 Å². The van der Waals surface area contributed by atoms with Gasteiger partial charge in [0.15, 0.2) is 0 Å². The fraction of sp³-hybridized carbons (Fsp3) is 0.333. The zero-order valence-corrected chi connectivity index (χ0v) is 10.5. The van der Waals surface area contributed by atoms with E-state index in [2.05, 4.69) is 22.3 Å². The molecule has 0 atom stereocenters. The van der Waals surface area contributed by atoms with Gasteiger partial charge in [0, 0.05) is 17.3 Å². The van der Waals surface area contributed by atoms with Crippen LogP contribution in [0, 0.1) is 0 Å². The normalized spacial score (nSPS) is 10.5. The molecular weight excluding hydrogens is 236 g/mol. The Morgan fingerprint density at radius 3 is 2.76 bits per heavy atom. The lowest BCUT2D eigenvalue weighted by Crippen LogP contribution is -2.09. The third kappa shape index (κ3) is 3.20. The van der Waals surface area contributed by atoms with E-state index in [0.29, 0.717) is 6.54 Å². The van der Waals surface area contributed by atoms with Crippen molar-refractivity contribution in [1.82, 2.24) is 14.8 Å². The highest BCUT2D eigenvalue weighted by molar-refractivity contribution is 6.30. The summed E-state index contributed by atoms with van der Waals surface area (Å²) < 4.78 is 1.92. The van der Waals surface area contributed by atoms with Gasteiger partial charge in [-0.2, -0.15) is 5.10 Å². The first-order valence-electron chi connectivity index (χ1n) is 5.65. The van der Waals surface area contributed by atoms with Crippen LogP contribution in [-0.4, -0.2) is 14.8 Å². The Morgan fingerprint density at radius 1 is 1.29 bits per heavy atom. The molecule has 0 unspecified atom stereocenters. The molecule has 0 spiro atoms. The van der Waals surface area contributed by atoms with Gasteiger partial charge in [-0.1, -0.05) is 18.5 Å². The van der Waals surface area contributed by atoms with Gasteiger partial charge in [0.25, 0.3) is 0 Å². The maximum atomic E-state index is 5.82. The molecule has 0 bridgehead atoms. The molecule has 4 nitrogen and oxygen atoms in total. The summed E-state index contributed by atoms with van der Waals surface area (Å²) in [5.41, 5.74) is 1.03. The van der Waals surface area contributed by atoms with Crippen molar-refractivity contribution in [2.75, 3.05) is 5.32 Å². The number of anilines is 1. The predicted molar refractivity (Wildman–Crippen MR) is 69.1 cm³/mol. The summed E-state index contributed by atoms with van der Waals surface area (Å²) in [5.74, 6) is 0.946. The lowest BCUT2D eigenvalue weighted by Gasteiger charge is -2.07. The summed E-state index contributed by atoms with van der Waals surface area (Å²) in [5, 5.41) is 8.21. The average molecular weight is 251 g/mol. The third-order valence-electron chi connectivity index (χ3n) is 2.43. The first-order valence-corrected chi connectivity index (χ1v) is 6.03. The van der Waals surface area contributed by atoms with Crippen LogP contribution < -0.4 is 5.32 Å². The van der Waals surface area contributed by atoms with Crippen LogP contribution in [0.1, 0.15) is 19.2 Å². The van der Waals surface area contributed by atoms with Crippen molar-refractivity contribution in [3.8, 4) is 0 Å². The quantitative estimate of drug-likeness (QED) is 0.887. The zero-order chi connectivity index (χ0) is 12.1. The van der Waals surface area contributed by atoms with Crippen molar-refractivity contribution in [2.24, 2.45) is 0 Å². The second-order valence-corrected chi connectivity index (χ2v) is 4.20. The Bertz CT molecular complexity index is 464. The van der Waals surface area contributed by atoms with Crippen molar-refractivity contribution >= 4 is 17.3 Å². The van der Waals surface area contributed by atoms with Crippen molar-refractivity contribution in [3.05, 3.63) is 41.4 Å². The molecule has 0 amide bonds. The molecule has 1 aromatic heterocycles. The van der Waals surface area contributed by atoms with Gasteiger partial charge in [0.2, 0.25) is 0 Å². The Kier molecular flexibility index (Phi) is 3.98. The van der Waals surface area contributed by atoms with E-state index in [4.69, 9.17) is 11.6 Å². The van der Waals surface area contributed by atoms with E-state index in [-0.39, 0.29) is 0 Å². The second-order valence-electron chi connectivity index (χ2n) is 3.76. The molecular formula is C12H15ClN4. The van der Waals surface area contributed by atoms with Crippen LogP contribution in [-0.2, 0) is 13.1 Å². The van der Waals surface area contributed by atoms with Crippen molar-refractivity contribution in [3.63, 3.8) is 0 Å². The fourth-order valence-electron chi connectivity index (χ4n) is 1.57. The summed E-state index contributed by atoms with van der Waals surface area (Å²) >= 11 is 5.82. The molecule has 1 N–H and O–H groups in total. The van der Waals surface area contributed by atoms with Gasteiger partial charge in [-0.25, -0.2) is 9.67 Å². The van der Waals surface area contributed by atoms with E-state index in [0.717, 1.165) is 29.5 Å². The van der Waals surface area contributed by atoms with Crippen LogP contribution >= 0.6 is 11.6 Å². The molecule has 0 saturated heterocycles. The topological polar surface area (TPSA) is 42.7 Å². The van der Waals surface area contributed by atoms with Gasteiger partial charge in [0.05, 0.1) is 6.54 Å². The zero-order valence-electron chi connectivity index (χ0n) is 9.73. The molecule has 1 heterocycles. The molecule has 0 aliphatic carbocycles. The summed E-state index contributed by atoms with van der Waals surface area (Å²) in [4.78, 5) is 4.23. The highest BCUT2D eigenvalue weighted by atomic mass is 35.5. The molecule has 2 aromatic rings. The molecule has 17 heavy (non-hydrogen) atoms. The molecule has 0 radical (unpaired) electrons. The molecule has 0 fully saturated rings. The summed E-state index contributed by atoms with van der Waals surface area (Å²) in [7, 11) is 0. The van der Waals surface area contributed by atoms with Crippen LogP contribution in [0.2, 0.25) is 5.02 Å². The van der Waals surface area contributed by atoms with Crippen molar-refractivity contribution < 1.29 is 0 Å². The van der Waals surface area contributed by atoms with E-state index in [1.807, 2.05) is 28.9 Å². The SMILES string of the molecule is CCCn1ncnc1CNc1ccc(Cl)cc1. The molecule has 1 aromatic carbocycles. The maximum absolute atomic E-state index is 5.82. The fourth-order valence-corrected chi connectivity index (χ4v) is 1.70. The van der Waals surface area contributed by atoms with Gasteiger partial charge >= 0.3 is 0 Å². The Morgan fingerprint density at radius 2 is 2.06 bits per heavy atom. The number of hydrogen-bond donors (Lipinski definition) is 1. The van der Waals surface area contributed by atoms with Crippen LogP contribution in [0.4, 0.5) is 5.69 Å². The molecule has 0 aliphatic rings. The van der Waals surface area contributed by atoms with E-state index in [9.17, 15) is 0 Å². The number of rotatable bonds is 5. The van der Waals surface area contributed by atoms with Crippen LogP contribution in [0.15, 0.2) is 30.6 Å². The molecule has 5 heteroatoms. The second kappa shape index (κ2) is 5.68. The number of hydrogen-bond acceptors (Lipinski definition) is 3.